The predicted molar refractivity (Wildman–Crippen MR) is 146 cm³/mol. The van der Waals surface area contributed by atoms with Gasteiger partial charge >= 0.3 is 0 Å². The molecule has 2 amide bonds. The van der Waals surface area contributed by atoms with E-state index in [0.717, 1.165) is 11.1 Å². The van der Waals surface area contributed by atoms with Gasteiger partial charge in [-0.05, 0) is 73.7 Å². The molecule has 9 heteroatoms. The van der Waals surface area contributed by atoms with Gasteiger partial charge in [0.1, 0.15) is 5.82 Å². The van der Waals surface area contributed by atoms with Crippen LogP contribution in [0.25, 0.3) is 0 Å². The molecular formula is C30H35FN4O4. The average molecular weight is 535 g/mol. The quantitative estimate of drug-likeness (QED) is 0.409. The molecule has 0 saturated carbocycles. The van der Waals surface area contributed by atoms with Crippen molar-refractivity contribution in [1.82, 2.24) is 20.4 Å². The number of rotatable bonds is 8. The number of aliphatic hydroxyl groups excluding tert-OH is 1. The van der Waals surface area contributed by atoms with Crippen LogP contribution in [0.15, 0.2) is 53.3 Å². The fraction of sp³-hybridized carbons (Fsp3) is 0.400. The van der Waals surface area contributed by atoms with E-state index < -0.39 is 11.3 Å². The van der Waals surface area contributed by atoms with Crippen molar-refractivity contribution in [1.29, 1.82) is 0 Å². The molecule has 39 heavy (non-hydrogen) atoms. The lowest BCUT2D eigenvalue weighted by atomic mass is 9.84. The topological polar surface area (TPSA) is 115 Å². The average Bonchev–Trinajstić information content (AvgIpc) is 3.37. The molecule has 1 fully saturated rings. The van der Waals surface area contributed by atoms with E-state index in [0.29, 0.717) is 41.6 Å². The molecule has 2 aromatic carbocycles. The molecule has 1 saturated heterocycles. The zero-order valence-corrected chi connectivity index (χ0v) is 22.8. The smallest absolute Gasteiger partial charge is 0.267 e. The number of aryl methyl sites for hydroxylation is 2. The molecule has 1 aliphatic heterocycles. The highest BCUT2D eigenvalue weighted by Crippen LogP contribution is 2.43. The minimum atomic E-state index is -0.566. The first-order valence-corrected chi connectivity index (χ1v) is 13.1. The zero-order valence-electron chi connectivity index (χ0n) is 22.8. The summed E-state index contributed by atoms with van der Waals surface area (Å²) in [5.74, 6) is -1.06. The van der Waals surface area contributed by atoms with Crippen molar-refractivity contribution >= 4 is 11.8 Å². The van der Waals surface area contributed by atoms with E-state index in [2.05, 4.69) is 15.5 Å². The van der Waals surface area contributed by atoms with E-state index in [1.165, 1.54) is 12.1 Å². The van der Waals surface area contributed by atoms with Gasteiger partial charge in [0.25, 0.3) is 11.5 Å². The van der Waals surface area contributed by atoms with Crippen LogP contribution in [0, 0.1) is 25.1 Å². The van der Waals surface area contributed by atoms with E-state index >= 15 is 0 Å². The Kier molecular flexibility index (Phi) is 8.30. The summed E-state index contributed by atoms with van der Waals surface area (Å²) in [5, 5.41) is 19.1. The number of aliphatic hydroxyl groups is 1. The van der Waals surface area contributed by atoms with Crippen molar-refractivity contribution in [3.63, 3.8) is 0 Å². The fourth-order valence-corrected chi connectivity index (χ4v) is 5.35. The standard InChI is InChI=1S/C30H35FN4O4/c1-18-12-22(9-8-20(18)14-23-13-19(2)33-34-29(23)39)28(38)32-16-27(37)35-25(21-6-5-7-24(31)15-21)10-11-26(35)30(3,4)17-36/h5-9,12-13,15,25-26,36H,10-11,14,16-17H2,1-4H3,(H,32,38)(H,34,39)/t25-,26+/m0/s1. The van der Waals surface area contributed by atoms with Crippen molar-refractivity contribution in [3.05, 3.63) is 98.2 Å². The highest BCUT2D eigenvalue weighted by atomic mass is 19.1. The van der Waals surface area contributed by atoms with Gasteiger partial charge in [-0.15, -0.1) is 0 Å². The van der Waals surface area contributed by atoms with Crippen LogP contribution in [0.5, 0.6) is 0 Å². The molecule has 3 N–H and O–H groups in total. The number of carbonyl (C=O) groups is 2. The van der Waals surface area contributed by atoms with Gasteiger partial charge < -0.3 is 15.3 Å². The van der Waals surface area contributed by atoms with E-state index in [1.54, 1.807) is 42.2 Å². The van der Waals surface area contributed by atoms with Crippen molar-refractivity contribution in [2.24, 2.45) is 5.41 Å². The Bertz CT molecular complexity index is 1430. The third kappa shape index (κ3) is 6.25. The van der Waals surface area contributed by atoms with Crippen LogP contribution in [0.3, 0.4) is 0 Å². The lowest BCUT2D eigenvalue weighted by Gasteiger charge is -2.39. The Morgan fingerprint density at radius 3 is 2.59 bits per heavy atom. The second kappa shape index (κ2) is 11.5. The Morgan fingerprint density at radius 1 is 1.13 bits per heavy atom. The number of aromatic amines is 1. The summed E-state index contributed by atoms with van der Waals surface area (Å²) in [7, 11) is 0. The van der Waals surface area contributed by atoms with E-state index in [1.807, 2.05) is 26.8 Å². The van der Waals surface area contributed by atoms with Crippen molar-refractivity contribution in [2.45, 2.75) is 59.0 Å². The molecule has 206 valence electrons. The summed E-state index contributed by atoms with van der Waals surface area (Å²) < 4.78 is 14.0. The molecule has 3 aromatic rings. The molecular weight excluding hydrogens is 499 g/mol. The van der Waals surface area contributed by atoms with Crippen LogP contribution < -0.4 is 10.9 Å². The van der Waals surface area contributed by atoms with Crippen LogP contribution in [0.1, 0.15) is 71.0 Å². The van der Waals surface area contributed by atoms with Crippen molar-refractivity contribution < 1.29 is 19.1 Å². The van der Waals surface area contributed by atoms with Gasteiger partial charge in [0.15, 0.2) is 0 Å². The molecule has 4 rings (SSSR count). The molecule has 0 spiro atoms. The Morgan fingerprint density at radius 2 is 1.90 bits per heavy atom. The van der Waals surface area contributed by atoms with Crippen LogP contribution in [-0.2, 0) is 11.2 Å². The Balaban J connectivity index is 1.48. The normalized spacial score (nSPS) is 17.3. The second-order valence-electron chi connectivity index (χ2n) is 11.0. The van der Waals surface area contributed by atoms with E-state index in [9.17, 15) is 23.9 Å². The van der Waals surface area contributed by atoms with Gasteiger partial charge in [0.05, 0.1) is 24.9 Å². The Hall–Kier alpha value is -3.85. The first-order chi connectivity index (χ1) is 18.5. The Labute approximate surface area is 227 Å². The molecule has 0 unspecified atom stereocenters. The summed E-state index contributed by atoms with van der Waals surface area (Å²) >= 11 is 0. The van der Waals surface area contributed by atoms with Crippen LogP contribution in [0.2, 0.25) is 0 Å². The minimum absolute atomic E-state index is 0.111. The van der Waals surface area contributed by atoms with Gasteiger partial charge in [-0.25, -0.2) is 9.49 Å². The third-order valence-electron chi connectivity index (χ3n) is 7.61. The van der Waals surface area contributed by atoms with Gasteiger partial charge in [-0.2, -0.15) is 5.10 Å². The van der Waals surface area contributed by atoms with Crippen molar-refractivity contribution in [2.75, 3.05) is 13.2 Å². The van der Waals surface area contributed by atoms with Crippen molar-refractivity contribution in [3.8, 4) is 0 Å². The highest BCUT2D eigenvalue weighted by molar-refractivity contribution is 5.96. The summed E-state index contributed by atoms with van der Waals surface area (Å²) in [6, 6.07) is 12.6. The number of likely N-dealkylation sites (tertiary alicyclic amines) is 1. The SMILES string of the molecule is Cc1cc(Cc2ccc(C(=O)NCC(=O)N3[C@H](c4cccc(F)c4)CC[C@@H]3C(C)(C)CO)cc2C)c(=O)[nH]n1. The molecule has 2 heterocycles. The third-order valence-corrected chi connectivity index (χ3v) is 7.61. The predicted octanol–water partition coefficient (Wildman–Crippen LogP) is 3.60. The number of amides is 2. The minimum Gasteiger partial charge on any atom is -0.396 e. The van der Waals surface area contributed by atoms with Gasteiger partial charge in [0, 0.05) is 29.0 Å². The largest absolute Gasteiger partial charge is 0.396 e. The first kappa shape index (κ1) is 28.2. The van der Waals surface area contributed by atoms with E-state index in [-0.39, 0.29) is 42.5 Å². The number of H-pyrrole nitrogens is 1. The number of halogens is 1. The number of carbonyl (C=O) groups excluding carboxylic acids is 2. The zero-order chi connectivity index (χ0) is 28.3. The van der Waals surface area contributed by atoms with Gasteiger partial charge in [-0.3, -0.25) is 14.4 Å². The maximum atomic E-state index is 14.0. The molecule has 0 radical (unpaired) electrons. The monoisotopic (exact) mass is 534 g/mol. The van der Waals surface area contributed by atoms with Crippen LogP contribution in [-0.4, -0.2) is 51.2 Å². The molecule has 8 nitrogen and oxygen atoms in total. The van der Waals surface area contributed by atoms with Crippen LogP contribution in [0.4, 0.5) is 4.39 Å². The molecule has 1 aromatic heterocycles. The lowest BCUT2D eigenvalue weighted by Crippen LogP contribution is -2.50. The first-order valence-electron chi connectivity index (χ1n) is 13.1. The van der Waals surface area contributed by atoms with E-state index in [4.69, 9.17) is 0 Å². The summed E-state index contributed by atoms with van der Waals surface area (Å²) in [5.41, 5.74) is 3.34. The maximum Gasteiger partial charge on any atom is 0.267 e. The second-order valence-corrected chi connectivity index (χ2v) is 11.0. The highest BCUT2D eigenvalue weighted by Gasteiger charge is 2.44. The number of benzene rings is 2. The number of nitrogens with one attached hydrogen (secondary N) is 2. The summed E-state index contributed by atoms with van der Waals surface area (Å²) in [4.78, 5) is 40.3. The molecule has 1 aliphatic rings. The summed E-state index contributed by atoms with van der Waals surface area (Å²) in [6.07, 6.45) is 1.70. The van der Waals surface area contributed by atoms with Crippen LogP contribution >= 0.6 is 0 Å². The number of aromatic nitrogens is 2. The maximum absolute atomic E-state index is 14.0. The number of hydrogen-bond donors (Lipinski definition) is 3. The fourth-order valence-electron chi connectivity index (χ4n) is 5.35. The number of nitrogens with zero attached hydrogens (tertiary/aromatic N) is 2. The molecule has 2 atom stereocenters. The number of hydrogen-bond acceptors (Lipinski definition) is 5. The lowest BCUT2D eigenvalue weighted by molar-refractivity contribution is -0.136. The molecule has 0 aliphatic carbocycles. The van der Waals surface area contributed by atoms with Gasteiger partial charge in [-0.1, -0.05) is 32.0 Å². The molecule has 0 bridgehead atoms. The summed E-state index contributed by atoms with van der Waals surface area (Å²) in [6.45, 7) is 7.13. The van der Waals surface area contributed by atoms with Gasteiger partial charge in [0.2, 0.25) is 5.91 Å².